The molecule has 4 rings (SSSR count). The van der Waals surface area contributed by atoms with E-state index in [1.807, 2.05) is 48.5 Å². The Bertz CT molecular complexity index is 1210. The largest absolute Gasteiger partial charge is 0.466 e. The second-order valence-corrected chi connectivity index (χ2v) is 8.18. The van der Waals surface area contributed by atoms with Crippen molar-refractivity contribution in [3.63, 3.8) is 0 Å². The molecule has 4 aromatic rings. The lowest BCUT2D eigenvalue weighted by molar-refractivity contribution is -0.148. The maximum Gasteiger partial charge on any atom is 0.347 e. The van der Waals surface area contributed by atoms with Crippen molar-refractivity contribution in [2.75, 3.05) is 7.11 Å². The van der Waals surface area contributed by atoms with Crippen LogP contribution in [0.3, 0.4) is 0 Å². The quantitative estimate of drug-likeness (QED) is 0.324. The van der Waals surface area contributed by atoms with Crippen LogP contribution in [0.1, 0.15) is 23.7 Å². The zero-order chi connectivity index (χ0) is 22.5. The maximum atomic E-state index is 12.5. The molecule has 0 aliphatic carbocycles. The number of ether oxygens (including phenoxy) is 2. The number of carbonyl (C=O) groups is 1. The van der Waals surface area contributed by atoms with Gasteiger partial charge in [-0.15, -0.1) is 0 Å². The summed E-state index contributed by atoms with van der Waals surface area (Å²) in [6.07, 6.45) is 1.83. The van der Waals surface area contributed by atoms with Gasteiger partial charge in [-0.1, -0.05) is 67.6 Å². The molecule has 2 aromatic carbocycles. The van der Waals surface area contributed by atoms with E-state index >= 15 is 0 Å². The van der Waals surface area contributed by atoms with Gasteiger partial charge in [-0.05, 0) is 33.5 Å². The van der Waals surface area contributed by atoms with E-state index in [4.69, 9.17) is 9.47 Å². The molecule has 32 heavy (non-hydrogen) atoms. The highest BCUT2D eigenvalue weighted by Gasteiger charge is 2.26. The highest BCUT2D eigenvalue weighted by Crippen LogP contribution is 2.36. The fourth-order valence-electron chi connectivity index (χ4n) is 3.79. The maximum absolute atomic E-state index is 12.5. The highest BCUT2D eigenvalue weighted by molar-refractivity contribution is 9.10. The summed E-state index contributed by atoms with van der Waals surface area (Å²) in [6.45, 7) is 2.77. The molecule has 0 amide bonds. The molecule has 0 aliphatic rings. The summed E-state index contributed by atoms with van der Waals surface area (Å²) < 4.78 is 14.2. The summed E-state index contributed by atoms with van der Waals surface area (Å²) in [4.78, 5) is 21.4. The number of methoxy groups -OCH3 is 1. The zero-order valence-corrected chi connectivity index (χ0v) is 19.6. The number of hydrogen-bond donors (Lipinski definition) is 0. The third kappa shape index (κ3) is 4.53. The van der Waals surface area contributed by atoms with Crippen LogP contribution in [0.2, 0.25) is 0 Å². The second-order valence-electron chi connectivity index (χ2n) is 7.38. The molecule has 2 heterocycles. The van der Waals surface area contributed by atoms with Crippen molar-refractivity contribution in [3.8, 4) is 5.88 Å². The summed E-state index contributed by atoms with van der Waals surface area (Å²) in [7, 11) is 1.36. The molecule has 0 aliphatic heterocycles. The van der Waals surface area contributed by atoms with Gasteiger partial charge in [-0.2, -0.15) is 0 Å². The molecular formula is C25H24BrN3O3. The molecule has 0 saturated heterocycles. The number of hydrogen-bond acceptors (Lipinski definition) is 5. The minimum Gasteiger partial charge on any atom is -0.466 e. The van der Waals surface area contributed by atoms with Crippen molar-refractivity contribution in [2.45, 2.75) is 32.4 Å². The first-order valence-electron chi connectivity index (χ1n) is 10.5. The third-order valence-corrected chi connectivity index (χ3v) is 6.20. The summed E-state index contributed by atoms with van der Waals surface area (Å²) in [6, 6.07) is 19.9. The van der Waals surface area contributed by atoms with Gasteiger partial charge in [0.25, 0.3) is 0 Å². The van der Waals surface area contributed by atoms with Crippen LogP contribution in [0.15, 0.2) is 71.5 Å². The van der Waals surface area contributed by atoms with Crippen molar-refractivity contribution in [3.05, 3.63) is 88.3 Å². The fraction of sp³-hybridized carbons (Fsp3) is 0.240. The summed E-state index contributed by atoms with van der Waals surface area (Å²) >= 11 is 3.74. The Hall–Kier alpha value is -3.19. The first kappa shape index (κ1) is 22.0. The van der Waals surface area contributed by atoms with Crippen LogP contribution in [0.25, 0.3) is 11.0 Å². The van der Waals surface area contributed by atoms with Crippen molar-refractivity contribution in [2.24, 2.45) is 0 Å². The van der Waals surface area contributed by atoms with Crippen LogP contribution in [0.4, 0.5) is 0 Å². The molecule has 2 aromatic heterocycles. The Morgan fingerprint density at radius 2 is 1.69 bits per heavy atom. The first-order chi connectivity index (χ1) is 15.6. The molecule has 0 radical (unpaired) electrons. The lowest BCUT2D eigenvalue weighted by Crippen LogP contribution is -2.31. The molecular weight excluding hydrogens is 470 g/mol. The molecule has 0 spiro atoms. The smallest absolute Gasteiger partial charge is 0.347 e. The van der Waals surface area contributed by atoms with Crippen molar-refractivity contribution >= 4 is 32.9 Å². The Morgan fingerprint density at radius 3 is 2.31 bits per heavy atom. The lowest BCUT2D eigenvalue weighted by Gasteiger charge is -2.17. The summed E-state index contributed by atoms with van der Waals surface area (Å²) in [5.74, 6) is -0.0918. The fourth-order valence-corrected chi connectivity index (χ4v) is 4.63. The summed E-state index contributed by atoms with van der Waals surface area (Å²) in [5.41, 5.74) is 3.99. The molecule has 0 unspecified atom stereocenters. The number of nitrogens with zero attached hydrogens (tertiary/aromatic N) is 3. The van der Waals surface area contributed by atoms with Crippen LogP contribution in [0.5, 0.6) is 5.88 Å². The van der Waals surface area contributed by atoms with Gasteiger partial charge in [0.2, 0.25) is 12.0 Å². The number of halogens is 1. The molecule has 6 nitrogen and oxygen atoms in total. The minimum atomic E-state index is -0.824. The average molecular weight is 494 g/mol. The van der Waals surface area contributed by atoms with Crippen LogP contribution in [0, 0.1) is 0 Å². The molecule has 164 valence electrons. The van der Waals surface area contributed by atoms with E-state index in [0.29, 0.717) is 18.8 Å². The van der Waals surface area contributed by atoms with Crippen molar-refractivity contribution in [1.82, 2.24) is 14.5 Å². The van der Waals surface area contributed by atoms with E-state index in [-0.39, 0.29) is 0 Å². The number of aromatic nitrogens is 3. The van der Waals surface area contributed by atoms with Gasteiger partial charge in [0.05, 0.1) is 17.0 Å². The molecule has 0 N–H and O–H groups in total. The second kappa shape index (κ2) is 9.96. The van der Waals surface area contributed by atoms with Gasteiger partial charge < -0.3 is 14.0 Å². The van der Waals surface area contributed by atoms with E-state index in [1.54, 1.807) is 0 Å². The predicted octanol–water partition coefficient (Wildman–Crippen LogP) is 4.97. The Balaban J connectivity index is 1.74. The van der Waals surface area contributed by atoms with Crippen molar-refractivity contribution < 1.29 is 14.3 Å². The van der Waals surface area contributed by atoms with Gasteiger partial charge >= 0.3 is 5.97 Å². The van der Waals surface area contributed by atoms with E-state index in [2.05, 4.69) is 49.5 Å². The average Bonchev–Trinajstić information content (AvgIpc) is 3.10. The normalized spacial score (nSPS) is 12.0. The SMILES string of the molecule is CCc1c(Br)c2c(O[C@H](Cc3ccccc3)C(=O)OC)ncnc2n1Cc1ccccc1. The Labute approximate surface area is 195 Å². The van der Waals surface area contributed by atoms with E-state index in [1.165, 1.54) is 19.0 Å². The van der Waals surface area contributed by atoms with Crippen LogP contribution >= 0.6 is 15.9 Å². The molecule has 7 heteroatoms. The van der Waals surface area contributed by atoms with Crippen molar-refractivity contribution in [1.29, 1.82) is 0 Å². The Morgan fingerprint density at radius 1 is 1.03 bits per heavy atom. The third-order valence-electron chi connectivity index (χ3n) is 5.35. The van der Waals surface area contributed by atoms with Gasteiger partial charge in [0.1, 0.15) is 12.0 Å². The predicted molar refractivity (Wildman–Crippen MR) is 127 cm³/mol. The minimum absolute atomic E-state index is 0.356. The number of fused-ring (bicyclic) bond motifs is 1. The molecule has 0 fully saturated rings. The van der Waals surface area contributed by atoms with Gasteiger partial charge in [-0.25, -0.2) is 14.8 Å². The number of esters is 1. The molecule has 1 atom stereocenters. The van der Waals surface area contributed by atoms with E-state index in [0.717, 1.165) is 33.2 Å². The molecule has 0 bridgehead atoms. The highest BCUT2D eigenvalue weighted by atomic mass is 79.9. The van der Waals surface area contributed by atoms with E-state index < -0.39 is 12.1 Å². The zero-order valence-electron chi connectivity index (χ0n) is 18.0. The monoisotopic (exact) mass is 493 g/mol. The van der Waals surface area contributed by atoms with Crippen LogP contribution < -0.4 is 4.74 Å². The number of benzene rings is 2. The topological polar surface area (TPSA) is 66.2 Å². The van der Waals surface area contributed by atoms with E-state index in [9.17, 15) is 4.79 Å². The van der Waals surface area contributed by atoms with Gasteiger partial charge in [0, 0.05) is 18.7 Å². The van der Waals surface area contributed by atoms with Gasteiger partial charge in [-0.3, -0.25) is 0 Å². The van der Waals surface area contributed by atoms with Crippen LogP contribution in [-0.4, -0.2) is 33.7 Å². The lowest BCUT2D eigenvalue weighted by atomic mass is 10.1. The summed E-state index contributed by atoms with van der Waals surface area (Å²) in [5, 5.41) is 0.752. The number of carbonyl (C=O) groups excluding carboxylic acids is 1. The standard InChI is InChI=1S/C25H24BrN3O3/c1-3-19-22(26)21-23(29(19)15-18-12-8-5-9-13-18)27-16-28-24(21)32-20(25(30)31-2)14-17-10-6-4-7-11-17/h4-13,16,20H,3,14-15H2,1-2H3/t20-/m1/s1. The Kier molecular flexibility index (Phi) is 6.85. The number of rotatable bonds is 8. The first-order valence-corrected chi connectivity index (χ1v) is 11.3. The molecule has 0 saturated carbocycles. The van der Waals surface area contributed by atoms with Crippen LogP contribution in [-0.2, 0) is 28.9 Å². The van der Waals surface area contributed by atoms with Gasteiger partial charge in [0.15, 0.2) is 0 Å².